The highest BCUT2D eigenvalue weighted by Gasteiger charge is 2.23. The Bertz CT molecular complexity index is 1350. The van der Waals surface area contributed by atoms with Gasteiger partial charge >= 0.3 is 0 Å². The minimum atomic E-state index is -0.704. The molecule has 1 aliphatic rings. The monoisotopic (exact) mass is 492 g/mol. The molecule has 0 spiro atoms. The minimum Gasteiger partial charge on any atom is -0.494 e. The van der Waals surface area contributed by atoms with Gasteiger partial charge in [0.25, 0.3) is 5.56 Å². The lowest BCUT2D eigenvalue weighted by Crippen LogP contribution is -2.33. The second kappa shape index (κ2) is 10.9. The SMILES string of the molecule is [C-]#[N+]c1ccc(-c2nc(N(C)CC3CCCCCC3)n(C)c(=O)c2-c2ccc(OC)c(F)c2)cc1F. The molecular weight excluding hydrogens is 462 g/mol. The summed E-state index contributed by atoms with van der Waals surface area (Å²) in [6, 6.07) is 8.39. The van der Waals surface area contributed by atoms with E-state index in [0.717, 1.165) is 19.4 Å². The maximum Gasteiger partial charge on any atom is 0.263 e. The molecule has 0 atom stereocenters. The maximum atomic E-state index is 14.6. The van der Waals surface area contributed by atoms with Gasteiger partial charge < -0.3 is 9.64 Å². The molecule has 3 aromatic rings. The van der Waals surface area contributed by atoms with Crippen LogP contribution in [0.2, 0.25) is 0 Å². The van der Waals surface area contributed by atoms with Gasteiger partial charge in [-0.15, -0.1) is 0 Å². The second-order valence-corrected chi connectivity index (χ2v) is 9.37. The number of hydrogen-bond acceptors (Lipinski definition) is 4. The Kier molecular flexibility index (Phi) is 7.68. The fraction of sp³-hybridized carbons (Fsp3) is 0.393. The van der Waals surface area contributed by atoms with Gasteiger partial charge in [-0.3, -0.25) is 9.36 Å². The molecule has 1 fully saturated rings. The Hall–Kier alpha value is -3.73. The Morgan fingerprint density at radius 1 is 1.08 bits per heavy atom. The molecule has 188 valence electrons. The first-order chi connectivity index (χ1) is 17.3. The van der Waals surface area contributed by atoms with Crippen LogP contribution in [0.15, 0.2) is 41.2 Å². The van der Waals surface area contributed by atoms with Crippen molar-refractivity contribution in [1.29, 1.82) is 0 Å². The van der Waals surface area contributed by atoms with Gasteiger partial charge in [-0.1, -0.05) is 43.9 Å². The molecule has 8 heteroatoms. The van der Waals surface area contributed by atoms with Gasteiger partial charge in [-0.25, -0.2) is 18.6 Å². The molecule has 1 heterocycles. The van der Waals surface area contributed by atoms with Gasteiger partial charge in [-0.05, 0) is 42.5 Å². The Balaban J connectivity index is 1.87. The summed E-state index contributed by atoms with van der Waals surface area (Å²) >= 11 is 0. The van der Waals surface area contributed by atoms with Crippen LogP contribution in [-0.2, 0) is 7.05 Å². The van der Waals surface area contributed by atoms with Crippen LogP contribution in [-0.4, -0.2) is 30.3 Å². The normalized spacial score (nSPS) is 14.2. The number of halogens is 2. The van der Waals surface area contributed by atoms with Crippen molar-refractivity contribution in [1.82, 2.24) is 9.55 Å². The lowest BCUT2D eigenvalue weighted by atomic mass is 9.99. The van der Waals surface area contributed by atoms with Crippen LogP contribution in [0.3, 0.4) is 0 Å². The summed E-state index contributed by atoms with van der Waals surface area (Å²) in [6.07, 6.45) is 7.17. The van der Waals surface area contributed by atoms with E-state index in [1.54, 1.807) is 19.2 Å². The molecule has 36 heavy (non-hydrogen) atoms. The fourth-order valence-electron chi connectivity index (χ4n) is 4.98. The van der Waals surface area contributed by atoms with E-state index in [4.69, 9.17) is 16.3 Å². The number of methoxy groups -OCH3 is 1. The molecule has 0 saturated heterocycles. The maximum absolute atomic E-state index is 14.6. The average molecular weight is 493 g/mol. The Morgan fingerprint density at radius 3 is 2.36 bits per heavy atom. The zero-order valence-corrected chi connectivity index (χ0v) is 20.9. The van der Waals surface area contributed by atoms with Crippen LogP contribution < -0.4 is 15.2 Å². The smallest absolute Gasteiger partial charge is 0.263 e. The van der Waals surface area contributed by atoms with Crippen LogP contribution in [0, 0.1) is 24.1 Å². The van der Waals surface area contributed by atoms with Gasteiger partial charge in [0.15, 0.2) is 11.6 Å². The summed E-state index contributed by atoms with van der Waals surface area (Å²) in [4.78, 5) is 23.7. The fourth-order valence-corrected chi connectivity index (χ4v) is 4.98. The van der Waals surface area contributed by atoms with E-state index >= 15 is 0 Å². The van der Waals surface area contributed by atoms with Gasteiger partial charge in [0.05, 0.1) is 24.9 Å². The number of ether oxygens (including phenoxy) is 1. The summed E-state index contributed by atoms with van der Waals surface area (Å²) in [5, 5.41) is 0. The van der Waals surface area contributed by atoms with Crippen LogP contribution in [0.1, 0.15) is 38.5 Å². The molecular formula is C28H30F2N4O2. The van der Waals surface area contributed by atoms with Crippen molar-refractivity contribution >= 4 is 11.6 Å². The van der Waals surface area contributed by atoms with Crippen molar-refractivity contribution in [2.45, 2.75) is 38.5 Å². The van der Waals surface area contributed by atoms with Gasteiger partial charge in [0.1, 0.15) is 5.82 Å². The molecule has 0 aliphatic heterocycles. The van der Waals surface area contributed by atoms with Crippen LogP contribution >= 0.6 is 0 Å². The zero-order chi connectivity index (χ0) is 25.8. The lowest BCUT2D eigenvalue weighted by Gasteiger charge is -2.26. The molecule has 0 unspecified atom stereocenters. The van der Waals surface area contributed by atoms with E-state index in [-0.39, 0.29) is 28.3 Å². The number of hydrogen-bond donors (Lipinski definition) is 0. The lowest BCUT2D eigenvalue weighted by molar-refractivity contribution is 0.386. The number of anilines is 1. The molecule has 0 bridgehead atoms. The van der Waals surface area contributed by atoms with Gasteiger partial charge in [0.2, 0.25) is 11.6 Å². The number of aromatic nitrogens is 2. The van der Waals surface area contributed by atoms with E-state index in [1.165, 1.54) is 61.6 Å². The topological polar surface area (TPSA) is 51.7 Å². The van der Waals surface area contributed by atoms with Crippen molar-refractivity contribution in [3.8, 4) is 28.1 Å². The summed E-state index contributed by atoms with van der Waals surface area (Å²) in [6.45, 7) is 7.90. The highest BCUT2D eigenvalue weighted by molar-refractivity contribution is 5.82. The number of nitrogens with zero attached hydrogens (tertiary/aromatic N) is 4. The van der Waals surface area contributed by atoms with Crippen molar-refractivity contribution in [2.24, 2.45) is 13.0 Å². The molecule has 1 saturated carbocycles. The third kappa shape index (κ3) is 5.11. The molecule has 6 nitrogen and oxygen atoms in total. The zero-order valence-electron chi connectivity index (χ0n) is 20.9. The predicted octanol–water partition coefficient (Wildman–Crippen LogP) is 6.36. The Labute approximate surface area is 210 Å². The molecule has 4 rings (SSSR count). The summed E-state index contributed by atoms with van der Waals surface area (Å²) < 4.78 is 35.7. The predicted molar refractivity (Wildman–Crippen MR) is 138 cm³/mol. The van der Waals surface area contributed by atoms with E-state index in [1.807, 2.05) is 11.9 Å². The quantitative estimate of drug-likeness (QED) is 0.297. The average Bonchev–Trinajstić information content (AvgIpc) is 3.14. The van der Waals surface area contributed by atoms with Crippen molar-refractivity contribution < 1.29 is 13.5 Å². The Morgan fingerprint density at radius 2 is 1.75 bits per heavy atom. The van der Waals surface area contributed by atoms with Crippen molar-refractivity contribution in [3.05, 3.63) is 69.8 Å². The second-order valence-electron chi connectivity index (χ2n) is 9.37. The molecule has 0 amide bonds. The van der Waals surface area contributed by atoms with E-state index in [2.05, 4.69) is 4.85 Å². The number of benzene rings is 2. The van der Waals surface area contributed by atoms with E-state index in [9.17, 15) is 13.6 Å². The standard InChI is InChI=1S/C28H30F2N4O2/c1-31-23-13-11-20(16-21(23)29)26-25(19-12-14-24(36-4)22(30)15-19)27(35)34(3)28(32-26)33(2)17-18-9-7-5-6-8-10-18/h11-16,18H,5-10,17H2,2-4H3. The first kappa shape index (κ1) is 25.4. The minimum absolute atomic E-state index is 0.0530. The molecule has 0 N–H and O–H groups in total. The van der Waals surface area contributed by atoms with Gasteiger partial charge in [-0.2, -0.15) is 0 Å². The first-order valence-corrected chi connectivity index (χ1v) is 12.2. The highest BCUT2D eigenvalue weighted by Crippen LogP contribution is 2.34. The van der Waals surface area contributed by atoms with E-state index < -0.39 is 11.6 Å². The first-order valence-electron chi connectivity index (χ1n) is 12.2. The summed E-state index contributed by atoms with van der Waals surface area (Å²) in [5.41, 5.74) is 0.547. The summed E-state index contributed by atoms with van der Waals surface area (Å²) in [5.74, 6) is -0.315. The van der Waals surface area contributed by atoms with Crippen molar-refractivity contribution in [3.63, 3.8) is 0 Å². The molecule has 2 aromatic carbocycles. The largest absolute Gasteiger partial charge is 0.494 e. The van der Waals surface area contributed by atoms with Crippen LogP contribution in [0.4, 0.5) is 20.4 Å². The molecule has 1 aromatic heterocycles. The number of rotatable bonds is 6. The van der Waals surface area contributed by atoms with Crippen LogP contribution in [0.25, 0.3) is 27.2 Å². The van der Waals surface area contributed by atoms with Gasteiger partial charge in [0, 0.05) is 26.2 Å². The third-order valence-corrected chi connectivity index (χ3v) is 6.90. The van der Waals surface area contributed by atoms with E-state index in [0.29, 0.717) is 23.0 Å². The third-order valence-electron chi connectivity index (χ3n) is 6.90. The summed E-state index contributed by atoms with van der Waals surface area (Å²) in [7, 11) is 4.92. The van der Waals surface area contributed by atoms with Crippen LogP contribution in [0.5, 0.6) is 5.75 Å². The molecule has 1 aliphatic carbocycles. The highest BCUT2D eigenvalue weighted by atomic mass is 19.1. The van der Waals surface area contributed by atoms with Crippen molar-refractivity contribution in [2.75, 3.05) is 25.6 Å². The molecule has 0 radical (unpaired) electrons.